The second-order valence-electron chi connectivity index (χ2n) is 16.2. The maximum atomic E-state index is 9.71. The summed E-state index contributed by atoms with van der Waals surface area (Å²) in [7, 11) is 0. The van der Waals surface area contributed by atoms with Gasteiger partial charge in [0, 0.05) is 50.3 Å². The van der Waals surface area contributed by atoms with Crippen molar-refractivity contribution in [1.82, 2.24) is 4.57 Å². The van der Waals surface area contributed by atoms with Gasteiger partial charge in [0.2, 0.25) is 0 Å². The highest BCUT2D eigenvalue weighted by molar-refractivity contribution is 6.12. The van der Waals surface area contributed by atoms with Gasteiger partial charge < -0.3 is 14.4 Å². The maximum Gasteiger partial charge on any atom is 0.0645 e. The molecule has 0 fully saturated rings. The molecular formula is C62H43N3. The third-order valence-corrected chi connectivity index (χ3v) is 12.4. The zero-order chi connectivity index (χ0) is 46.6. The second kappa shape index (κ2) is 16.2. The average Bonchev–Trinajstić information content (AvgIpc) is 3.74. The molecule has 0 N–H and O–H groups in total. The lowest BCUT2D eigenvalue weighted by Gasteiger charge is -2.28. The number of rotatable bonds is 9. The number of nitrogens with zero attached hydrogens (tertiary/aromatic N) is 3. The predicted molar refractivity (Wildman–Crippen MR) is 276 cm³/mol. The van der Waals surface area contributed by atoms with Gasteiger partial charge >= 0.3 is 0 Å². The van der Waals surface area contributed by atoms with Crippen LogP contribution in [0, 0.1) is 0 Å². The lowest BCUT2D eigenvalue weighted by molar-refractivity contribution is 1.18. The van der Waals surface area contributed by atoms with E-state index in [1.807, 2.05) is 108 Å². The zero-order valence-corrected chi connectivity index (χ0v) is 35.4. The minimum atomic E-state index is -0.126. The predicted octanol–water partition coefficient (Wildman–Crippen LogP) is 17.4. The van der Waals surface area contributed by atoms with Crippen molar-refractivity contribution < 1.29 is 5.48 Å². The molecule has 0 saturated heterocycles. The van der Waals surface area contributed by atoms with Crippen molar-refractivity contribution in [1.29, 1.82) is 0 Å². The minimum Gasteiger partial charge on any atom is -0.310 e. The maximum absolute atomic E-state index is 9.71. The van der Waals surface area contributed by atoms with Crippen LogP contribution in [0.4, 0.5) is 34.1 Å². The molecule has 65 heavy (non-hydrogen) atoms. The molecule has 3 heteroatoms. The molecule has 0 bridgehead atoms. The molecule has 3 nitrogen and oxygen atoms in total. The van der Waals surface area contributed by atoms with E-state index in [2.05, 4.69) is 143 Å². The molecule has 0 aliphatic rings. The van der Waals surface area contributed by atoms with Gasteiger partial charge in [-0.3, -0.25) is 0 Å². The minimum absolute atomic E-state index is 0.112. The van der Waals surface area contributed by atoms with Gasteiger partial charge in [-0.05, 0) is 129 Å². The molecule has 1 heterocycles. The Balaban J connectivity index is 1.04. The molecule has 0 unspecified atom stereocenters. The van der Waals surface area contributed by atoms with Gasteiger partial charge in [0.1, 0.15) is 0 Å². The molecule has 0 saturated carbocycles. The number of para-hydroxylation sites is 3. The first-order valence-corrected chi connectivity index (χ1v) is 21.9. The quantitative estimate of drug-likeness (QED) is 0.144. The SMILES string of the molecule is [2H]c1c([2H])c(N(c2ccccc2)c2ccc3ccccc3c2)c([2H])c([2H])c1-c1cccc2c(N(c3ccc(-c4ccccc4)cc3)c3ccc4c(c3)c3ccccc3n4-c3ccccc3)cccc12. The molecule has 12 aromatic rings. The number of anilines is 6. The van der Waals surface area contributed by atoms with Gasteiger partial charge in [0.15, 0.2) is 0 Å². The van der Waals surface area contributed by atoms with Crippen LogP contribution in [0.5, 0.6) is 0 Å². The van der Waals surface area contributed by atoms with Gasteiger partial charge in [-0.2, -0.15) is 0 Å². The van der Waals surface area contributed by atoms with E-state index in [9.17, 15) is 5.48 Å². The highest BCUT2D eigenvalue weighted by atomic mass is 15.1. The summed E-state index contributed by atoms with van der Waals surface area (Å²) >= 11 is 0. The first-order chi connectivity index (χ1) is 33.9. The van der Waals surface area contributed by atoms with Crippen LogP contribution >= 0.6 is 0 Å². The number of aromatic nitrogens is 1. The number of benzene rings is 11. The lowest BCUT2D eigenvalue weighted by Crippen LogP contribution is -2.10. The first-order valence-electron chi connectivity index (χ1n) is 23.9. The molecule has 0 spiro atoms. The first kappa shape index (κ1) is 33.9. The van der Waals surface area contributed by atoms with Crippen LogP contribution in [0.1, 0.15) is 5.48 Å². The van der Waals surface area contributed by atoms with Crippen LogP contribution in [0.2, 0.25) is 0 Å². The monoisotopic (exact) mass is 833 g/mol. The largest absolute Gasteiger partial charge is 0.310 e. The van der Waals surface area contributed by atoms with E-state index in [0.717, 1.165) is 88.6 Å². The Morgan fingerprint density at radius 3 is 1.68 bits per heavy atom. The van der Waals surface area contributed by atoms with E-state index in [1.165, 1.54) is 0 Å². The van der Waals surface area contributed by atoms with E-state index in [1.54, 1.807) is 0 Å². The van der Waals surface area contributed by atoms with Crippen LogP contribution in [-0.2, 0) is 0 Å². The van der Waals surface area contributed by atoms with E-state index in [0.29, 0.717) is 5.56 Å². The summed E-state index contributed by atoms with van der Waals surface area (Å²) < 4.78 is 41.1. The van der Waals surface area contributed by atoms with Gasteiger partial charge in [-0.25, -0.2) is 0 Å². The van der Waals surface area contributed by atoms with Crippen molar-refractivity contribution in [3.63, 3.8) is 0 Å². The van der Waals surface area contributed by atoms with E-state index >= 15 is 0 Å². The number of hydrogen-bond acceptors (Lipinski definition) is 2. The third-order valence-electron chi connectivity index (χ3n) is 12.4. The highest BCUT2D eigenvalue weighted by Gasteiger charge is 2.20. The smallest absolute Gasteiger partial charge is 0.0645 e. The molecular weight excluding hydrogens is 787 g/mol. The van der Waals surface area contributed by atoms with Crippen molar-refractivity contribution in [2.75, 3.05) is 9.80 Å². The summed E-state index contributed by atoms with van der Waals surface area (Å²) in [5.41, 5.74) is 10.9. The third kappa shape index (κ3) is 6.87. The fourth-order valence-electron chi connectivity index (χ4n) is 9.37. The molecule has 0 aliphatic heterocycles. The summed E-state index contributed by atoms with van der Waals surface area (Å²) in [6, 6.07) is 80.1. The van der Waals surface area contributed by atoms with E-state index < -0.39 is 0 Å². The van der Waals surface area contributed by atoms with Gasteiger partial charge in [0.25, 0.3) is 0 Å². The summed E-state index contributed by atoms with van der Waals surface area (Å²) in [6.45, 7) is 0. The number of fused-ring (bicyclic) bond motifs is 5. The van der Waals surface area contributed by atoms with Crippen LogP contribution in [0.15, 0.2) is 261 Å². The molecule has 0 aliphatic carbocycles. The molecule has 306 valence electrons. The Morgan fingerprint density at radius 2 is 0.877 bits per heavy atom. The fraction of sp³-hybridized carbons (Fsp3) is 0. The summed E-state index contributed by atoms with van der Waals surface area (Å²) in [6.07, 6.45) is 0. The van der Waals surface area contributed by atoms with Crippen LogP contribution in [0.3, 0.4) is 0 Å². The second-order valence-corrected chi connectivity index (χ2v) is 16.2. The molecule has 1 aromatic heterocycles. The van der Waals surface area contributed by atoms with Gasteiger partial charge in [-0.1, -0.05) is 170 Å². The van der Waals surface area contributed by atoms with E-state index in [4.69, 9.17) is 0 Å². The topological polar surface area (TPSA) is 11.4 Å². The van der Waals surface area contributed by atoms with Gasteiger partial charge in [-0.15, -0.1) is 0 Å². The lowest BCUT2D eigenvalue weighted by atomic mass is 9.96. The summed E-state index contributed by atoms with van der Waals surface area (Å²) in [4.78, 5) is 4.13. The van der Waals surface area contributed by atoms with Crippen LogP contribution in [-0.4, -0.2) is 4.57 Å². The highest BCUT2D eigenvalue weighted by Crippen LogP contribution is 2.45. The number of hydrogen-bond donors (Lipinski definition) is 0. The van der Waals surface area contributed by atoms with Crippen molar-refractivity contribution in [2.45, 2.75) is 0 Å². The van der Waals surface area contributed by atoms with Crippen LogP contribution in [0.25, 0.3) is 71.3 Å². The normalized spacial score (nSPS) is 12.2. The Morgan fingerprint density at radius 1 is 0.308 bits per heavy atom. The zero-order valence-electron chi connectivity index (χ0n) is 39.4. The van der Waals surface area contributed by atoms with Crippen LogP contribution < -0.4 is 9.80 Å². The Bertz CT molecular complexity index is 3860. The van der Waals surface area contributed by atoms with Crippen molar-refractivity contribution >= 4 is 77.5 Å². The Kier molecular flexibility index (Phi) is 8.47. The molecule has 12 rings (SSSR count). The summed E-state index contributed by atoms with van der Waals surface area (Å²) in [5.74, 6) is 0. The van der Waals surface area contributed by atoms with E-state index in [-0.39, 0.29) is 35.4 Å². The molecule has 0 radical (unpaired) electrons. The van der Waals surface area contributed by atoms with Crippen molar-refractivity contribution in [3.05, 3.63) is 261 Å². The molecule has 11 aromatic carbocycles. The summed E-state index contributed by atoms with van der Waals surface area (Å²) in [5, 5.41) is 6.06. The molecule has 0 atom stereocenters. The van der Waals surface area contributed by atoms with Gasteiger partial charge in [0.05, 0.1) is 22.2 Å². The standard InChI is InChI=1S/C62H43N3/c1-4-16-44(17-5-1)46-30-35-52(36-31-46)64(54-40-41-62-59(43-54)58-24-12-13-28-61(58)65(62)50-22-8-3-9-23-50)60-29-15-26-56-55(25-14-27-57(56)60)47-33-37-51(38-34-47)63(49-20-6-2-7-21-49)53-39-32-45-18-10-11-19-48(45)42-53/h1-43H/i33D,34D,37D,38D. The Labute approximate surface area is 384 Å². The van der Waals surface area contributed by atoms with Crippen molar-refractivity contribution in [2.24, 2.45) is 0 Å². The fourth-order valence-corrected chi connectivity index (χ4v) is 9.37. The van der Waals surface area contributed by atoms with Crippen molar-refractivity contribution in [3.8, 4) is 27.9 Å². The molecule has 0 amide bonds. The Hall–Kier alpha value is -8.66. The average molecular weight is 834 g/mol.